The first-order valence-electron chi connectivity index (χ1n) is 8.57. The minimum atomic E-state index is -0.576. The summed E-state index contributed by atoms with van der Waals surface area (Å²) in [5, 5.41) is 7.63. The molecule has 0 spiro atoms. The van der Waals surface area contributed by atoms with Crippen molar-refractivity contribution in [1.29, 1.82) is 0 Å². The number of alkyl carbamates (subject to hydrolysis) is 1. The predicted molar refractivity (Wildman–Crippen MR) is 106 cm³/mol. The number of nitrogens with zero attached hydrogens (tertiary/aromatic N) is 2. The van der Waals surface area contributed by atoms with Crippen LogP contribution in [0.2, 0.25) is 0 Å². The van der Waals surface area contributed by atoms with Gasteiger partial charge in [0, 0.05) is 13.3 Å². The second-order valence-corrected chi connectivity index (χ2v) is 4.14. The van der Waals surface area contributed by atoms with E-state index in [0.717, 1.165) is 5.56 Å². The Morgan fingerprint density at radius 1 is 1.23 bits per heavy atom. The smallest absolute Gasteiger partial charge is 0.407 e. The highest BCUT2D eigenvalue weighted by Gasteiger charge is 2.17. The number of methoxy groups -OCH3 is 1. The standard InChI is InChI=1S/C15H19N3O4.2C2H6/c1-5-22-14(19)11(2)18(16-3)13-8-6-7-12(9-13)10-17-15(20)21-4;2*1-2/h6-9H,2-3,5,10H2,1,4H3,(H,17,20);2*1-2H3. The summed E-state index contributed by atoms with van der Waals surface area (Å²) in [4.78, 5) is 22.8. The van der Waals surface area contributed by atoms with Crippen molar-refractivity contribution in [1.82, 2.24) is 5.32 Å². The highest BCUT2D eigenvalue weighted by Crippen LogP contribution is 2.21. The molecule has 1 aromatic rings. The summed E-state index contributed by atoms with van der Waals surface area (Å²) >= 11 is 0. The number of rotatable bonds is 7. The van der Waals surface area contributed by atoms with Crippen LogP contribution in [0.5, 0.6) is 0 Å². The van der Waals surface area contributed by atoms with E-state index in [1.165, 1.54) is 12.1 Å². The second kappa shape index (κ2) is 15.7. The molecule has 7 nitrogen and oxygen atoms in total. The van der Waals surface area contributed by atoms with Crippen LogP contribution < -0.4 is 10.3 Å². The van der Waals surface area contributed by atoms with Gasteiger partial charge in [-0.05, 0) is 24.6 Å². The number of nitrogens with one attached hydrogen (secondary N) is 1. The van der Waals surface area contributed by atoms with Crippen LogP contribution in [-0.4, -0.2) is 32.5 Å². The fourth-order valence-electron chi connectivity index (χ4n) is 1.67. The first-order valence-corrected chi connectivity index (χ1v) is 8.57. The molecule has 0 unspecified atom stereocenters. The van der Waals surface area contributed by atoms with Crippen LogP contribution in [0.25, 0.3) is 0 Å². The maximum atomic E-state index is 11.7. The molecule has 0 bridgehead atoms. The predicted octanol–water partition coefficient (Wildman–Crippen LogP) is 4.09. The number of ether oxygens (including phenoxy) is 2. The summed E-state index contributed by atoms with van der Waals surface area (Å²) in [7, 11) is 1.29. The Kier molecular flexibility index (Phi) is 15.3. The molecule has 0 aliphatic rings. The molecule has 1 amide bonds. The van der Waals surface area contributed by atoms with Gasteiger partial charge in [0.2, 0.25) is 0 Å². The summed E-state index contributed by atoms with van der Waals surface area (Å²) in [6.07, 6.45) is -0.528. The number of benzene rings is 1. The molecule has 0 saturated carbocycles. The molecule has 0 atom stereocenters. The quantitative estimate of drug-likeness (QED) is 0.341. The minimum Gasteiger partial charge on any atom is -0.461 e. The van der Waals surface area contributed by atoms with Crippen molar-refractivity contribution in [3.05, 3.63) is 42.1 Å². The lowest BCUT2D eigenvalue weighted by molar-refractivity contribution is -0.138. The Hall–Kier alpha value is -2.83. The number of hydrazone groups is 1. The second-order valence-electron chi connectivity index (χ2n) is 4.14. The van der Waals surface area contributed by atoms with Gasteiger partial charge in [-0.3, -0.25) is 0 Å². The first kappa shape index (κ1) is 25.4. The van der Waals surface area contributed by atoms with Gasteiger partial charge < -0.3 is 14.8 Å². The van der Waals surface area contributed by atoms with Gasteiger partial charge in [0.1, 0.15) is 5.70 Å². The topological polar surface area (TPSA) is 80.2 Å². The average molecular weight is 365 g/mol. The lowest BCUT2D eigenvalue weighted by atomic mass is 10.2. The van der Waals surface area contributed by atoms with Crippen LogP contribution in [-0.2, 0) is 20.8 Å². The van der Waals surface area contributed by atoms with Gasteiger partial charge in [-0.25, -0.2) is 14.6 Å². The van der Waals surface area contributed by atoms with Crippen LogP contribution in [0.3, 0.4) is 0 Å². The van der Waals surface area contributed by atoms with E-state index in [1.54, 1.807) is 25.1 Å². The van der Waals surface area contributed by atoms with Gasteiger partial charge >= 0.3 is 12.1 Å². The molecule has 1 rings (SSSR count). The van der Waals surface area contributed by atoms with E-state index in [2.05, 4.69) is 28.5 Å². The number of hydrogen-bond acceptors (Lipinski definition) is 6. The van der Waals surface area contributed by atoms with Gasteiger partial charge in [0.15, 0.2) is 0 Å². The number of hydrogen-bond donors (Lipinski definition) is 1. The van der Waals surface area contributed by atoms with Crippen LogP contribution in [0.15, 0.2) is 41.6 Å². The SMILES string of the molecule is C=NN(C(=C)C(=O)OCC)c1cccc(CNC(=O)OC)c1.CC.CC. The van der Waals surface area contributed by atoms with Crippen LogP contribution >= 0.6 is 0 Å². The van der Waals surface area contributed by atoms with Gasteiger partial charge in [-0.1, -0.05) is 46.4 Å². The normalized spacial score (nSPS) is 8.54. The largest absolute Gasteiger partial charge is 0.461 e. The first-order chi connectivity index (χ1) is 12.5. The minimum absolute atomic E-state index is 0.0509. The molecule has 1 N–H and O–H groups in total. The maximum absolute atomic E-state index is 11.7. The van der Waals surface area contributed by atoms with E-state index >= 15 is 0 Å². The van der Waals surface area contributed by atoms with E-state index in [-0.39, 0.29) is 18.8 Å². The van der Waals surface area contributed by atoms with Gasteiger partial charge in [0.25, 0.3) is 0 Å². The van der Waals surface area contributed by atoms with Crippen LogP contribution in [0, 0.1) is 0 Å². The Morgan fingerprint density at radius 2 is 1.85 bits per heavy atom. The molecule has 1 aromatic carbocycles. The average Bonchev–Trinajstić information content (AvgIpc) is 2.70. The summed E-state index contributed by atoms with van der Waals surface area (Å²) in [6.45, 7) is 17.3. The van der Waals surface area contributed by atoms with Crippen molar-refractivity contribution in [3.8, 4) is 0 Å². The molecule has 0 aromatic heterocycles. The molecule has 0 heterocycles. The molecule has 0 aliphatic heterocycles. The number of anilines is 1. The van der Waals surface area contributed by atoms with Gasteiger partial charge in [-0.2, -0.15) is 5.10 Å². The Morgan fingerprint density at radius 3 is 2.35 bits per heavy atom. The molecular formula is C19H31N3O4. The third-order valence-electron chi connectivity index (χ3n) is 2.69. The molecule has 0 fully saturated rings. The molecule has 7 heteroatoms. The fourth-order valence-corrected chi connectivity index (χ4v) is 1.67. The lowest BCUT2D eigenvalue weighted by Gasteiger charge is -2.20. The van der Waals surface area contributed by atoms with E-state index in [9.17, 15) is 9.59 Å². The van der Waals surface area contributed by atoms with Crippen LogP contribution in [0.1, 0.15) is 40.2 Å². The monoisotopic (exact) mass is 365 g/mol. The number of carbonyl (C=O) groups is 2. The zero-order chi connectivity index (χ0) is 20.5. The number of esters is 1. The van der Waals surface area contributed by atoms with Crippen molar-refractivity contribution in [3.63, 3.8) is 0 Å². The zero-order valence-corrected chi connectivity index (χ0v) is 16.7. The Bertz CT molecular complexity index is 574. The van der Waals surface area contributed by atoms with Crippen molar-refractivity contribution >= 4 is 24.5 Å². The van der Waals surface area contributed by atoms with Gasteiger partial charge in [0.05, 0.1) is 19.4 Å². The van der Waals surface area contributed by atoms with E-state index < -0.39 is 12.1 Å². The maximum Gasteiger partial charge on any atom is 0.407 e. The highest BCUT2D eigenvalue weighted by molar-refractivity contribution is 5.92. The van der Waals surface area contributed by atoms with Crippen molar-refractivity contribution in [2.75, 3.05) is 18.7 Å². The van der Waals surface area contributed by atoms with Crippen LogP contribution in [0.4, 0.5) is 10.5 Å². The van der Waals surface area contributed by atoms with Crippen molar-refractivity contribution < 1.29 is 19.1 Å². The number of carbonyl (C=O) groups excluding carboxylic acids is 2. The van der Waals surface area contributed by atoms with E-state index in [0.29, 0.717) is 5.69 Å². The molecule has 0 radical (unpaired) electrons. The lowest BCUT2D eigenvalue weighted by Crippen LogP contribution is -2.24. The Labute approximate surface area is 156 Å². The summed E-state index contributed by atoms with van der Waals surface area (Å²) in [6, 6.07) is 7.06. The van der Waals surface area contributed by atoms with E-state index in [1.807, 2.05) is 33.8 Å². The summed E-state index contributed by atoms with van der Waals surface area (Å²) in [5.74, 6) is -0.576. The fraction of sp³-hybridized carbons (Fsp3) is 0.421. The molecular weight excluding hydrogens is 334 g/mol. The summed E-state index contributed by atoms with van der Waals surface area (Å²) in [5.41, 5.74) is 1.43. The number of amides is 1. The summed E-state index contributed by atoms with van der Waals surface area (Å²) < 4.78 is 9.39. The van der Waals surface area contributed by atoms with Crippen molar-refractivity contribution in [2.24, 2.45) is 5.10 Å². The molecule has 0 saturated heterocycles. The van der Waals surface area contributed by atoms with Crippen molar-refractivity contribution in [2.45, 2.75) is 41.2 Å². The highest BCUT2D eigenvalue weighted by atomic mass is 16.5. The molecule has 26 heavy (non-hydrogen) atoms. The van der Waals surface area contributed by atoms with Gasteiger partial charge in [-0.15, -0.1) is 0 Å². The Balaban J connectivity index is 0. The van der Waals surface area contributed by atoms with E-state index in [4.69, 9.17) is 4.74 Å². The molecule has 0 aliphatic carbocycles. The third-order valence-corrected chi connectivity index (χ3v) is 2.69. The third kappa shape index (κ3) is 8.86. The zero-order valence-electron chi connectivity index (χ0n) is 16.7. The molecule has 146 valence electrons.